The first-order valence-corrected chi connectivity index (χ1v) is 7.51. The lowest BCUT2D eigenvalue weighted by Crippen LogP contribution is -2.17. The van der Waals surface area contributed by atoms with Crippen LogP contribution in [0.5, 0.6) is 0 Å². The van der Waals surface area contributed by atoms with Crippen molar-refractivity contribution in [2.75, 3.05) is 11.9 Å². The van der Waals surface area contributed by atoms with Gasteiger partial charge < -0.3 is 5.32 Å². The molecule has 1 aromatic heterocycles. The van der Waals surface area contributed by atoms with Crippen LogP contribution in [-0.2, 0) is 0 Å². The average molecular weight is 285 g/mol. The molecule has 1 aliphatic rings. The van der Waals surface area contributed by atoms with Crippen molar-refractivity contribution in [1.82, 2.24) is 4.98 Å². The Balaban J connectivity index is 1.85. The summed E-state index contributed by atoms with van der Waals surface area (Å²) >= 11 is 0. The molecule has 2 aromatic rings. The number of benzene rings is 1. The molecular formula is C16H19N3O2. The molecule has 1 saturated carbocycles. The lowest BCUT2D eigenvalue weighted by atomic mass is 9.89. The smallest absolute Gasteiger partial charge is 0.295 e. The maximum atomic E-state index is 11.1. The molecule has 1 heterocycles. The van der Waals surface area contributed by atoms with Crippen LogP contribution < -0.4 is 5.32 Å². The molecule has 110 valence electrons. The van der Waals surface area contributed by atoms with Gasteiger partial charge in [0.1, 0.15) is 5.52 Å². The molecule has 0 aliphatic heterocycles. The van der Waals surface area contributed by atoms with Gasteiger partial charge in [0, 0.05) is 29.9 Å². The van der Waals surface area contributed by atoms with Crippen molar-refractivity contribution in [3.63, 3.8) is 0 Å². The second kappa shape index (κ2) is 6.08. The van der Waals surface area contributed by atoms with Gasteiger partial charge in [0.15, 0.2) is 0 Å². The molecule has 5 nitrogen and oxygen atoms in total. The van der Waals surface area contributed by atoms with Crippen LogP contribution in [0.25, 0.3) is 10.9 Å². The Kier molecular flexibility index (Phi) is 3.99. The maximum Gasteiger partial charge on any atom is 0.295 e. The number of fused-ring (bicyclic) bond motifs is 1. The number of nitro benzene ring substituents is 1. The minimum absolute atomic E-state index is 0.0637. The third kappa shape index (κ3) is 2.96. The van der Waals surface area contributed by atoms with Crippen LogP contribution in [0.2, 0.25) is 0 Å². The molecular weight excluding hydrogens is 266 g/mol. The number of pyridine rings is 1. The number of rotatable bonds is 4. The Morgan fingerprint density at radius 2 is 2.05 bits per heavy atom. The summed E-state index contributed by atoms with van der Waals surface area (Å²) in [5.74, 6) is 0.709. The quantitative estimate of drug-likeness (QED) is 0.677. The predicted octanol–water partition coefficient (Wildman–Crippen LogP) is 4.14. The molecule has 1 fully saturated rings. The highest BCUT2D eigenvalue weighted by Crippen LogP contribution is 2.30. The van der Waals surface area contributed by atoms with E-state index in [0.29, 0.717) is 11.4 Å². The molecule has 1 aliphatic carbocycles. The fourth-order valence-corrected chi connectivity index (χ4v) is 3.10. The summed E-state index contributed by atoms with van der Waals surface area (Å²) < 4.78 is 0. The van der Waals surface area contributed by atoms with Crippen LogP contribution in [0.4, 0.5) is 11.4 Å². The highest BCUT2D eigenvalue weighted by atomic mass is 16.6. The summed E-state index contributed by atoms with van der Waals surface area (Å²) in [6.07, 6.45) is 8.12. The maximum absolute atomic E-state index is 11.1. The van der Waals surface area contributed by atoms with Gasteiger partial charge in [-0.3, -0.25) is 10.1 Å². The van der Waals surface area contributed by atoms with Gasteiger partial charge in [0.2, 0.25) is 0 Å². The number of anilines is 1. The van der Waals surface area contributed by atoms with Gasteiger partial charge in [0.25, 0.3) is 5.69 Å². The summed E-state index contributed by atoms with van der Waals surface area (Å²) in [7, 11) is 0. The van der Waals surface area contributed by atoms with E-state index in [-0.39, 0.29) is 10.6 Å². The molecule has 0 spiro atoms. The summed E-state index contributed by atoms with van der Waals surface area (Å²) in [6.45, 7) is 0.932. The molecule has 0 radical (unpaired) electrons. The second-order valence-corrected chi connectivity index (χ2v) is 5.67. The fourth-order valence-electron chi connectivity index (χ4n) is 3.10. The Morgan fingerprint density at radius 1 is 1.24 bits per heavy atom. The molecule has 0 saturated heterocycles. The van der Waals surface area contributed by atoms with Gasteiger partial charge >= 0.3 is 0 Å². The second-order valence-electron chi connectivity index (χ2n) is 5.67. The summed E-state index contributed by atoms with van der Waals surface area (Å²) in [5, 5.41) is 15.4. The van der Waals surface area contributed by atoms with Crippen molar-refractivity contribution in [2.24, 2.45) is 5.92 Å². The number of hydrogen-bond donors (Lipinski definition) is 1. The first kappa shape index (κ1) is 13.8. The third-order valence-corrected chi connectivity index (χ3v) is 4.25. The fraction of sp³-hybridized carbons (Fsp3) is 0.438. The number of non-ortho nitro benzene ring substituents is 1. The van der Waals surface area contributed by atoms with Crippen molar-refractivity contribution < 1.29 is 4.92 Å². The molecule has 5 heteroatoms. The van der Waals surface area contributed by atoms with Crippen molar-refractivity contribution in [1.29, 1.82) is 0 Å². The van der Waals surface area contributed by atoms with Crippen LogP contribution in [0.15, 0.2) is 30.5 Å². The van der Waals surface area contributed by atoms with Gasteiger partial charge in [0.05, 0.1) is 4.92 Å². The van der Waals surface area contributed by atoms with E-state index in [1.807, 2.05) is 12.1 Å². The summed E-state index contributed by atoms with van der Waals surface area (Å²) in [6, 6.07) is 7.04. The van der Waals surface area contributed by atoms with E-state index in [1.165, 1.54) is 32.1 Å². The lowest BCUT2D eigenvalue weighted by molar-refractivity contribution is -0.383. The minimum Gasteiger partial charge on any atom is -0.384 e. The zero-order valence-electron chi connectivity index (χ0n) is 11.9. The molecule has 0 unspecified atom stereocenters. The highest BCUT2D eigenvalue weighted by molar-refractivity contribution is 5.96. The van der Waals surface area contributed by atoms with E-state index < -0.39 is 0 Å². The zero-order valence-corrected chi connectivity index (χ0v) is 11.9. The zero-order chi connectivity index (χ0) is 14.7. The normalized spacial score (nSPS) is 16.0. The van der Waals surface area contributed by atoms with Crippen LogP contribution in [0.1, 0.15) is 32.1 Å². The molecule has 1 aromatic carbocycles. The first-order chi connectivity index (χ1) is 10.3. The minimum atomic E-state index is -0.375. The van der Waals surface area contributed by atoms with E-state index in [1.54, 1.807) is 18.3 Å². The summed E-state index contributed by atoms with van der Waals surface area (Å²) in [4.78, 5) is 14.9. The Labute approximate surface area is 123 Å². The Bertz CT molecular complexity index is 651. The van der Waals surface area contributed by atoms with Crippen molar-refractivity contribution in [2.45, 2.75) is 32.1 Å². The number of aromatic nitrogens is 1. The third-order valence-electron chi connectivity index (χ3n) is 4.25. The van der Waals surface area contributed by atoms with Crippen LogP contribution in [0, 0.1) is 16.0 Å². The standard InChI is InChI=1S/C16H19N3O2/c20-19(21)15-9-8-14(13-7-4-10-17-16(13)15)18-11-12-5-2-1-3-6-12/h4,7-10,12,18H,1-3,5-6,11H2. The van der Waals surface area contributed by atoms with Gasteiger partial charge in [-0.15, -0.1) is 0 Å². The molecule has 3 rings (SSSR count). The van der Waals surface area contributed by atoms with Crippen LogP contribution in [0.3, 0.4) is 0 Å². The van der Waals surface area contributed by atoms with Crippen molar-refractivity contribution in [3.05, 3.63) is 40.6 Å². The number of hydrogen-bond acceptors (Lipinski definition) is 4. The molecule has 21 heavy (non-hydrogen) atoms. The average Bonchev–Trinajstić information content (AvgIpc) is 2.53. The molecule has 0 bridgehead atoms. The summed E-state index contributed by atoms with van der Waals surface area (Å²) in [5.41, 5.74) is 1.46. The Hall–Kier alpha value is -2.17. The monoisotopic (exact) mass is 285 g/mol. The molecule has 0 atom stereocenters. The topological polar surface area (TPSA) is 68.1 Å². The van der Waals surface area contributed by atoms with Crippen molar-refractivity contribution >= 4 is 22.3 Å². The number of nitro groups is 1. The SMILES string of the molecule is O=[N+]([O-])c1ccc(NCC2CCCCC2)c2cccnc12. The van der Waals surface area contributed by atoms with E-state index in [4.69, 9.17) is 0 Å². The number of nitrogens with one attached hydrogen (secondary N) is 1. The molecule has 1 N–H and O–H groups in total. The van der Waals surface area contributed by atoms with E-state index in [2.05, 4.69) is 10.3 Å². The Morgan fingerprint density at radius 3 is 2.81 bits per heavy atom. The van der Waals surface area contributed by atoms with Gasteiger partial charge in [-0.1, -0.05) is 19.3 Å². The predicted molar refractivity (Wildman–Crippen MR) is 83.5 cm³/mol. The van der Waals surface area contributed by atoms with Gasteiger partial charge in [-0.05, 0) is 37.0 Å². The highest BCUT2D eigenvalue weighted by Gasteiger charge is 2.17. The first-order valence-electron chi connectivity index (χ1n) is 7.51. The van der Waals surface area contributed by atoms with E-state index in [0.717, 1.165) is 17.6 Å². The van der Waals surface area contributed by atoms with Gasteiger partial charge in [-0.2, -0.15) is 0 Å². The number of nitrogens with zero attached hydrogens (tertiary/aromatic N) is 2. The molecule has 0 amide bonds. The lowest BCUT2D eigenvalue weighted by Gasteiger charge is -2.22. The van der Waals surface area contributed by atoms with E-state index >= 15 is 0 Å². The van der Waals surface area contributed by atoms with E-state index in [9.17, 15) is 10.1 Å². The van der Waals surface area contributed by atoms with Gasteiger partial charge in [-0.25, -0.2) is 4.98 Å². The van der Waals surface area contributed by atoms with Crippen molar-refractivity contribution in [3.8, 4) is 0 Å². The van der Waals surface area contributed by atoms with Crippen LogP contribution >= 0.6 is 0 Å². The largest absolute Gasteiger partial charge is 0.384 e. The van der Waals surface area contributed by atoms with Crippen LogP contribution in [-0.4, -0.2) is 16.5 Å².